The van der Waals surface area contributed by atoms with Crippen molar-refractivity contribution in [2.75, 3.05) is 37.6 Å². The maximum Gasteiger partial charge on any atom is 0.228 e. The number of hydrogen-bond donors (Lipinski definition) is 0. The van der Waals surface area contributed by atoms with E-state index < -0.39 is 0 Å². The van der Waals surface area contributed by atoms with Crippen molar-refractivity contribution in [1.82, 2.24) is 19.8 Å². The number of amides is 2. The predicted molar refractivity (Wildman–Crippen MR) is 121 cm³/mol. The highest BCUT2D eigenvalue weighted by molar-refractivity contribution is 7.16. The molecule has 0 aliphatic carbocycles. The van der Waals surface area contributed by atoms with Crippen LogP contribution in [0.15, 0.2) is 42.0 Å². The summed E-state index contributed by atoms with van der Waals surface area (Å²) in [6, 6.07) is 10.3. The Labute approximate surface area is 185 Å². The number of aryl methyl sites for hydroxylation is 1. The van der Waals surface area contributed by atoms with E-state index in [9.17, 15) is 9.59 Å². The third-order valence-electron chi connectivity index (χ3n) is 6.19. The minimum atomic E-state index is -0.243. The number of nitrogens with zero attached hydrogens (tertiary/aromatic N) is 5. The highest BCUT2D eigenvalue weighted by Crippen LogP contribution is 2.28. The molecule has 8 heteroatoms. The fourth-order valence-electron chi connectivity index (χ4n) is 4.43. The molecule has 2 saturated heterocycles. The van der Waals surface area contributed by atoms with Gasteiger partial charge in [-0.25, -0.2) is 9.97 Å². The topological polar surface area (TPSA) is 69.6 Å². The first-order valence-corrected chi connectivity index (χ1v) is 11.5. The van der Waals surface area contributed by atoms with Crippen molar-refractivity contribution in [3.63, 3.8) is 0 Å². The molecule has 2 aliphatic heterocycles. The smallest absolute Gasteiger partial charge is 0.228 e. The molecular formula is C23H25N5O2S. The molecule has 7 nitrogen and oxygen atoms in total. The van der Waals surface area contributed by atoms with Gasteiger partial charge in [-0.3, -0.25) is 9.59 Å². The zero-order chi connectivity index (χ0) is 21.4. The van der Waals surface area contributed by atoms with Crippen molar-refractivity contribution in [2.24, 2.45) is 5.92 Å². The lowest BCUT2D eigenvalue weighted by molar-refractivity contribution is -0.136. The van der Waals surface area contributed by atoms with Crippen molar-refractivity contribution in [2.45, 2.75) is 19.9 Å². The SMILES string of the molecule is Cc1ccc(CN2CC(C(=O)N3CCN(c4ncnc5sccc45)CC3)CC2=O)cc1. The maximum absolute atomic E-state index is 13.1. The standard InChI is InChI=1S/C23H25N5O2S/c1-16-2-4-17(5-3-16)13-28-14-18(12-20(28)29)23(30)27-9-7-26(8-10-27)21-19-6-11-31-22(19)25-15-24-21/h2-6,11,15,18H,7-10,12-14H2,1H3. The number of fused-ring (bicyclic) bond motifs is 1. The molecule has 3 aromatic rings. The average Bonchev–Trinajstić information content (AvgIpc) is 3.41. The van der Waals surface area contributed by atoms with Gasteiger partial charge in [-0.05, 0) is 23.9 Å². The van der Waals surface area contributed by atoms with E-state index in [1.165, 1.54) is 5.56 Å². The summed E-state index contributed by atoms with van der Waals surface area (Å²) in [6.45, 7) is 5.90. The van der Waals surface area contributed by atoms with Crippen molar-refractivity contribution in [3.8, 4) is 0 Å². The van der Waals surface area contributed by atoms with Gasteiger partial charge in [0, 0.05) is 45.7 Å². The predicted octanol–water partition coefficient (Wildman–Crippen LogP) is 2.70. The number of piperazine rings is 1. The lowest BCUT2D eigenvalue weighted by Gasteiger charge is -2.36. The monoisotopic (exact) mass is 435 g/mol. The largest absolute Gasteiger partial charge is 0.352 e. The molecule has 5 rings (SSSR count). The summed E-state index contributed by atoms with van der Waals surface area (Å²) in [5.74, 6) is 0.868. The van der Waals surface area contributed by atoms with E-state index in [0.717, 1.165) is 34.7 Å². The molecule has 0 saturated carbocycles. The molecule has 2 fully saturated rings. The summed E-state index contributed by atoms with van der Waals surface area (Å²) in [7, 11) is 0. The van der Waals surface area contributed by atoms with E-state index >= 15 is 0 Å². The van der Waals surface area contributed by atoms with Crippen LogP contribution in [0.25, 0.3) is 10.2 Å². The molecular weight excluding hydrogens is 410 g/mol. The molecule has 31 heavy (non-hydrogen) atoms. The second-order valence-corrected chi connectivity index (χ2v) is 9.20. The van der Waals surface area contributed by atoms with Crippen LogP contribution in [0.2, 0.25) is 0 Å². The number of carbonyl (C=O) groups excluding carboxylic acids is 2. The molecule has 1 aromatic carbocycles. The van der Waals surface area contributed by atoms with Gasteiger partial charge in [0.2, 0.25) is 11.8 Å². The van der Waals surface area contributed by atoms with E-state index in [2.05, 4.69) is 45.2 Å². The summed E-state index contributed by atoms with van der Waals surface area (Å²) < 4.78 is 0. The number of carbonyl (C=O) groups is 2. The fraction of sp³-hybridized carbons (Fsp3) is 0.391. The number of likely N-dealkylation sites (tertiary alicyclic amines) is 1. The zero-order valence-electron chi connectivity index (χ0n) is 17.5. The Bertz CT molecular complexity index is 1100. The Hall–Kier alpha value is -3.00. The summed E-state index contributed by atoms with van der Waals surface area (Å²) in [5, 5.41) is 3.10. The van der Waals surface area contributed by atoms with E-state index in [4.69, 9.17) is 0 Å². The Morgan fingerprint density at radius 2 is 1.87 bits per heavy atom. The van der Waals surface area contributed by atoms with Gasteiger partial charge in [-0.1, -0.05) is 29.8 Å². The first-order valence-electron chi connectivity index (χ1n) is 10.6. The summed E-state index contributed by atoms with van der Waals surface area (Å²) in [6.07, 6.45) is 1.92. The Morgan fingerprint density at radius 1 is 1.10 bits per heavy atom. The molecule has 2 aromatic heterocycles. The molecule has 1 atom stereocenters. The van der Waals surface area contributed by atoms with Gasteiger partial charge in [0.15, 0.2) is 0 Å². The minimum absolute atomic E-state index is 0.0680. The van der Waals surface area contributed by atoms with Crippen LogP contribution in [0.3, 0.4) is 0 Å². The van der Waals surface area contributed by atoms with Crippen LogP contribution < -0.4 is 4.90 Å². The second-order valence-electron chi connectivity index (χ2n) is 8.31. The first-order chi connectivity index (χ1) is 15.1. The van der Waals surface area contributed by atoms with Gasteiger partial charge in [0.25, 0.3) is 0 Å². The van der Waals surface area contributed by atoms with Crippen LogP contribution in [0, 0.1) is 12.8 Å². The van der Waals surface area contributed by atoms with Gasteiger partial charge in [0.05, 0.1) is 11.3 Å². The van der Waals surface area contributed by atoms with Crippen LogP contribution in [0.5, 0.6) is 0 Å². The van der Waals surface area contributed by atoms with E-state index in [-0.39, 0.29) is 17.7 Å². The lowest BCUT2D eigenvalue weighted by Crippen LogP contribution is -2.51. The second kappa shape index (κ2) is 8.26. The number of anilines is 1. The molecule has 4 heterocycles. The quantitative estimate of drug-likeness (QED) is 0.630. The molecule has 0 bridgehead atoms. The van der Waals surface area contributed by atoms with Crippen molar-refractivity contribution >= 4 is 39.2 Å². The summed E-state index contributed by atoms with van der Waals surface area (Å²) in [4.78, 5) is 41.4. The molecule has 1 unspecified atom stereocenters. The van der Waals surface area contributed by atoms with Gasteiger partial charge in [0.1, 0.15) is 17.0 Å². The van der Waals surface area contributed by atoms with Crippen LogP contribution >= 0.6 is 11.3 Å². The number of thiophene rings is 1. The number of benzene rings is 1. The molecule has 0 spiro atoms. The minimum Gasteiger partial charge on any atom is -0.352 e. The average molecular weight is 436 g/mol. The van der Waals surface area contributed by atoms with Gasteiger partial charge < -0.3 is 14.7 Å². The molecule has 0 N–H and O–H groups in total. The Kier molecular flexibility index (Phi) is 5.31. The maximum atomic E-state index is 13.1. The molecule has 2 aliphatic rings. The van der Waals surface area contributed by atoms with Crippen molar-refractivity contribution in [3.05, 3.63) is 53.2 Å². The van der Waals surface area contributed by atoms with Crippen LogP contribution in [0.4, 0.5) is 5.82 Å². The van der Waals surface area contributed by atoms with Crippen molar-refractivity contribution < 1.29 is 9.59 Å². The third-order valence-corrected chi connectivity index (χ3v) is 7.01. The molecule has 2 amide bonds. The summed E-state index contributed by atoms with van der Waals surface area (Å²) in [5.41, 5.74) is 2.30. The normalized spacial score (nSPS) is 19.5. The lowest BCUT2D eigenvalue weighted by atomic mass is 10.1. The highest BCUT2D eigenvalue weighted by atomic mass is 32.1. The van der Waals surface area contributed by atoms with E-state index in [1.54, 1.807) is 17.7 Å². The van der Waals surface area contributed by atoms with Crippen LogP contribution in [-0.2, 0) is 16.1 Å². The summed E-state index contributed by atoms with van der Waals surface area (Å²) >= 11 is 1.61. The molecule has 160 valence electrons. The van der Waals surface area contributed by atoms with Crippen LogP contribution in [-0.4, -0.2) is 64.3 Å². The van der Waals surface area contributed by atoms with Gasteiger partial charge in [-0.2, -0.15) is 0 Å². The fourth-order valence-corrected chi connectivity index (χ4v) is 5.16. The zero-order valence-corrected chi connectivity index (χ0v) is 18.3. The van der Waals surface area contributed by atoms with Gasteiger partial charge in [-0.15, -0.1) is 11.3 Å². The Balaban J connectivity index is 1.19. The van der Waals surface area contributed by atoms with E-state index in [1.807, 2.05) is 22.1 Å². The molecule has 0 radical (unpaired) electrons. The van der Waals surface area contributed by atoms with Gasteiger partial charge >= 0.3 is 0 Å². The number of rotatable bonds is 4. The first kappa shape index (κ1) is 19.9. The van der Waals surface area contributed by atoms with Crippen LogP contribution in [0.1, 0.15) is 17.5 Å². The van der Waals surface area contributed by atoms with Crippen molar-refractivity contribution in [1.29, 1.82) is 0 Å². The Morgan fingerprint density at radius 3 is 2.65 bits per heavy atom. The highest BCUT2D eigenvalue weighted by Gasteiger charge is 2.37. The number of aromatic nitrogens is 2. The van der Waals surface area contributed by atoms with E-state index in [0.29, 0.717) is 32.6 Å². The number of hydrogen-bond acceptors (Lipinski definition) is 6. The third kappa shape index (κ3) is 3.99.